The molecule has 2 aromatic rings. The molecular weight excluding hydrogens is 248 g/mol. The Morgan fingerprint density at radius 2 is 2.10 bits per heavy atom. The number of nitrogens with one attached hydrogen (secondary N) is 1. The van der Waals surface area contributed by atoms with Crippen LogP contribution in [0.25, 0.3) is 0 Å². The number of aryl methyl sites for hydroxylation is 1. The lowest BCUT2D eigenvalue weighted by Gasteiger charge is -2.27. The van der Waals surface area contributed by atoms with E-state index < -0.39 is 0 Å². The molecule has 1 N–H and O–H groups in total. The molecule has 3 rings (SSSR count). The molecule has 1 aliphatic carbocycles. The number of hydrogen-bond donors (Lipinski definition) is 1. The normalized spacial score (nSPS) is 14.4. The van der Waals surface area contributed by atoms with E-state index in [4.69, 9.17) is 0 Å². The van der Waals surface area contributed by atoms with Crippen molar-refractivity contribution in [1.29, 1.82) is 5.26 Å². The molecule has 0 saturated heterocycles. The number of nitriles is 1. The molecule has 20 heavy (non-hydrogen) atoms. The van der Waals surface area contributed by atoms with Gasteiger partial charge in [-0.1, -0.05) is 6.42 Å². The van der Waals surface area contributed by atoms with E-state index >= 15 is 0 Å². The highest BCUT2D eigenvalue weighted by molar-refractivity contribution is 5.66. The number of rotatable bonds is 3. The standard InChI is InChI=1S/C16H16N4/c1-11-15(6-3-8-18-11)20-16-14(10-17)13(7-9-19-16)12-4-2-5-12/h3,6-9,12H,2,4-5H2,1H3,(H,19,20). The first-order valence-electron chi connectivity index (χ1n) is 6.87. The molecule has 100 valence electrons. The highest BCUT2D eigenvalue weighted by Gasteiger charge is 2.24. The maximum Gasteiger partial charge on any atom is 0.148 e. The van der Waals surface area contributed by atoms with Crippen LogP contribution in [0.1, 0.15) is 42.0 Å². The van der Waals surface area contributed by atoms with Gasteiger partial charge in [-0.05, 0) is 49.4 Å². The molecule has 0 spiro atoms. The van der Waals surface area contributed by atoms with E-state index in [-0.39, 0.29) is 0 Å². The number of hydrogen-bond acceptors (Lipinski definition) is 4. The second-order valence-electron chi connectivity index (χ2n) is 5.12. The van der Waals surface area contributed by atoms with Crippen molar-refractivity contribution in [2.24, 2.45) is 0 Å². The SMILES string of the molecule is Cc1ncccc1Nc1nccc(C2CCC2)c1C#N. The summed E-state index contributed by atoms with van der Waals surface area (Å²) in [5.74, 6) is 1.15. The van der Waals surface area contributed by atoms with Gasteiger partial charge in [0.05, 0.1) is 16.9 Å². The van der Waals surface area contributed by atoms with E-state index in [1.807, 2.05) is 25.1 Å². The van der Waals surface area contributed by atoms with Gasteiger partial charge in [-0.25, -0.2) is 4.98 Å². The van der Waals surface area contributed by atoms with Crippen LogP contribution in [0, 0.1) is 18.3 Å². The van der Waals surface area contributed by atoms with Gasteiger partial charge in [0.1, 0.15) is 11.9 Å². The molecule has 1 saturated carbocycles. The van der Waals surface area contributed by atoms with Crippen LogP contribution in [0.5, 0.6) is 0 Å². The average Bonchev–Trinajstić information content (AvgIpc) is 2.40. The highest BCUT2D eigenvalue weighted by Crippen LogP contribution is 2.39. The van der Waals surface area contributed by atoms with Gasteiger partial charge in [-0.15, -0.1) is 0 Å². The Morgan fingerprint density at radius 1 is 1.25 bits per heavy atom. The highest BCUT2D eigenvalue weighted by atomic mass is 15.0. The summed E-state index contributed by atoms with van der Waals surface area (Å²) in [6.45, 7) is 1.93. The van der Waals surface area contributed by atoms with Gasteiger partial charge in [0.2, 0.25) is 0 Å². The predicted molar refractivity (Wildman–Crippen MR) is 77.8 cm³/mol. The van der Waals surface area contributed by atoms with Gasteiger partial charge in [-0.3, -0.25) is 4.98 Å². The Hall–Kier alpha value is -2.41. The molecular formula is C16H16N4. The summed E-state index contributed by atoms with van der Waals surface area (Å²) >= 11 is 0. The molecule has 0 atom stereocenters. The zero-order valence-corrected chi connectivity index (χ0v) is 11.4. The van der Waals surface area contributed by atoms with Crippen LogP contribution in [0.15, 0.2) is 30.6 Å². The monoisotopic (exact) mass is 264 g/mol. The van der Waals surface area contributed by atoms with Crippen molar-refractivity contribution in [1.82, 2.24) is 9.97 Å². The molecule has 0 radical (unpaired) electrons. The second-order valence-corrected chi connectivity index (χ2v) is 5.12. The zero-order chi connectivity index (χ0) is 13.9. The zero-order valence-electron chi connectivity index (χ0n) is 11.4. The van der Waals surface area contributed by atoms with Crippen molar-refractivity contribution >= 4 is 11.5 Å². The summed E-state index contributed by atoms with van der Waals surface area (Å²) in [5, 5.41) is 12.7. The number of anilines is 2. The summed E-state index contributed by atoms with van der Waals surface area (Å²) in [7, 11) is 0. The van der Waals surface area contributed by atoms with E-state index in [1.54, 1.807) is 12.4 Å². The van der Waals surface area contributed by atoms with Crippen molar-refractivity contribution < 1.29 is 0 Å². The van der Waals surface area contributed by atoms with Crippen molar-refractivity contribution in [2.45, 2.75) is 32.1 Å². The van der Waals surface area contributed by atoms with Crippen LogP contribution < -0.4 is 5.32 Å². The van der Waals surface area contributed by atoms with Gasteiger partial charge in [-0.2, -0.15) is 5.26 Å². The van der Waals surface area contributed by atoms with E-state index in [9.17, 15) is 5.26 Å². The van der Waals surface area contributed by atoms with Gasteiger partial charge >= 0.3 is 0 Å². The van der Waals surface area contributed by atoms with Crippen LogP contribution in [0.4, 0.5) is 11.5 Å². The first kappa shape index (κ1) is 12.6. The van der Waals surface area contributed by atoms with E-state index in [0.717, 1.165) is 16.9 Å². The Labute approximate surface area is 118 Å². The minimum atomic E-state index is 0.517. The van der Waals surface area contributed by atoms with Gasteiger partial charge < -0.3 is 5.32 Å². The quantitative estimate of drug-likeness (QED) is 0.918. The Balaban J connectivity index is 1.97. The van der Waals surface area contributed by atoms with E-state index in [2.05, 4.69) is 21.4 Å². The third-order valence-electron chi connectivity index (χ3n) is 3.90. The third-order valence-corrected chi connectivity index (χ3v) is 3.90. The molecule has 0 bridgehead atoms. The summed E-state index contributed by atoms with van der Waals surface area (Å²) in [4.78, 5) is 8.57. The lowest BCUT2D eigenvalue weighted by Crippen LogP contribution is -2.12. The second kappa shape index (κ2) is 5.30. The van der Waals surface area contributed by atoms with Crippen molar-refractivity contribution in [2.75, 3.05) is 5.32 Å². The molecule has 4 nitrogen and oxygen atoms in total. The molecule has 1 aliphatic rings. The lowest BCUT2D eigenvalue weighted by atomic mass is 9.78. The molecule has 4 heteroatoms. The van der Waals surface area contributed by atoms with Crippen LogP contribution >= 0.6 is 0 Å². The Bertz CT molecular complexity index is 668. The van der Waals surface area contributed by atoms with Crippen LogP contribution in [-0.2, 0) is 0 Å². The van der Waals surface area contributed by atoms with Crippen molar-refractivity contribution in [3.05, 3.63) is 47.4 Å². The largest absolute Gasteiger partial charge is 0.338 e. The van der Waals surface area contributed by atoms with E-state index in [1.165, 1.54) is 19.3 Å². The first-order chi connectivity index (χ1) is 9.79. The van der Waals surface area contributed by atoms with Gasteiger partial charge in [0, 0.05) is 12.4 Å². The van der Waals surface area contributed by atoms with Crippen molar-refractivity contribution in [3.8, 4) is 6.07 Å². The topological polar surface area (TPSA) is 61.6 Å². The summed E-state index contributed by atoms with van der Waals surface area (Å²) < 4.78 is 0. The van der Waals surface area contributed by atoms with E-state index in [0.29, 0.717) is 17.3 Å². The molecule has 0 amide bonds. The summed E-state index contributed by atoms with van der Waals surface area (Å²) in [6.07, 6.45) is 7.13. The molecule has 1 fully saturated rings. The first-order valence-corrected chi connectivity index (χ1v) is 6.87. The third kappa shape index (κ3) is 2.23. The predicted octanol–water partition coefficient (Wildman–Crippen LogP) is 3.67. The summed E-state index contributed by atoms with van der Waals surface area (Å²) in [5.41, 5.74) is 3.58. The van der Waals surface area contributed by atoms with Gasteiger partial charge in [0.15, 0.2) is 0 Å². The number of nitrogens with zero attached hydrogens (tertiary/aromatic N) is 3. The number of aromatic nitrogens is 2. The average molecular weight is 264 g/mol. The fourth-order valence-corrected chi connectivity index (χ4v) is 2.49. The lowest BCUT2D eigenvalue weighted by molar-refractivity contribution is 0.419. The molecule has 0 aliphatic heterocycles. The summed E-state index contributed by atoms with van der Waals surface area (Å²) in [6, 6.07) is 8.10. The molecule has 0 unspecified atom stereocenters. The van der Waals surface area contributed by atoms with Crippen LogP contribution in [0.2, 0.25) is 0 Å². The molecule has 2 aromatic heterocycles. The fraction of sp³-hybridized carbons (Fsp3) is 0.312. The Kier molecular flexibility index (Phi) is 3.34. The maximum atomic E-state index is 9.47. The van der Waals surface area contributed by atoms with Crippen LogP contribution in [-0.4, -0.2) is 9.97 Å². The molecule has 2 heterocycles. The number of pyridine rings is 2. The maximum absolute atomic E-state index is 9.47. The molecule has 0 aromatic carbocycles. The van der Waals surface area contributed by atoms with Crippen molar-refractivity contribution in [3.63, 3.8) is 0 Å². The fourth-order valence-electron chi connectivity index (χ4n) is 2.49. The Morgan fingerprint density at radius 3 is 2.75 bits per heavy atom. The van der Waals surface area contributed by atoms with Gasteiger partial charge in [0.25, 0.3) is 0 Å². The minimum Gasteiger partial charge on any atom is -0.338 e. The minimum absolute atomic E-state index is 0.517. The van der Waals surface area contributed by atoms with Crippen LogP contribution in [0.3, 0.4) is 0 Å². The smallest absolute Gasteiger partial charge is 0.148 e.